The number of fused-ring (bicyclic) bond motifs is 2. The normalized spacial score (nSPS) is 15.3. The van der Waals surface area contributed by atoms with Crippen LogP contribution in [0.15, 0.2) is 46.0 Å². The zero-order valence-electron chi connectivity index (χ0n) is 22.5. The first-order valence-electron chi connectivity index (χ1n) is 13.3. The number of aromatic nitrogens is 4. The van der Waals surface area contributed by atoms with Crippen molar-refractivity contribution >= 4 is 33.9 Å². The molecule has 0 spiro atoms. The molecule has 5 rings (SSSR count). The Bertz CT molecular complexity index is 1780. The third kappa shape index (κ3) is 4.98. The van der Waals surface area contributed by atoms with Crippen LogP contribution in [0.3, 0.4) is 0 Å². The van der Waals surface area contributed by atoms with Gasteiger partial charge in [0.05, 0.1) is 19.7 Å². The molecule has 0 radical (unpaired) electrons. The fourth-order valence-electron chi connectivity index (χ4n) is 5.27. The molecular formula is C29H31FN6O4. The minimum Gasteiger partial charge on any atom is -0.465 e. The van der Waals surface area contributed by atoms with E-state index in [1.807, 2.05) is 4.90 Å². The largest absolute Gasteiger partial charge is 0.465 e. The highest BCUT2D eigenvalue weighted by molar-refractivity contribution is 5.86. The van der Waals surface area contributed by atoms with Crippen LogP contribution >= 0.6 is 0 Å². The van der Waals surface area contributed by atoms with Crippen molar-refractivity contribution in [2.24, 2.45) is 5.73 Å². The summed E-state index contributed by atoms with van der Waals surface area (Å²) < 4.78 is 23.6. The summed E-state index contributed by atoms with van der Waals surface area (Å²) >= 11 is 0. The number of rotatable bonds is 7. The Balaban J connectivity index is 1.77. The van der Waals surface area contributed by atoms with Crippen LogP contribution in [0.25, 0.3) is 21.9 Å². The van der Waals surface area contributed by atoms with Crippen LogP contribution in [-0.4, -0.2) is 50.4 Å². The van der Waals surface area contributed by atoms with E-state index in [4.69, 9.17) is 15.5 Å². The van der Waals surface area contributed by atoms with E-state index in [-0.39, 0.29) is 36.9 Å². The van der Waals surface area contributed by atoms with Gasteiger partial charge in [-0.2, -0.15) is 4.98 Å². The summed E-state index contributed by atoms with van der Waals surface area (Å²) in [5.74, 6) is 5.29. The number of hydrogen-bond acceptors (Lipinski definition) is 7. The molecule has 0 amide bonds. The SMILES string of the molecule is CC#CCn1c(N2CCCC(N)C2)nc2c1c(=O)n(Cc1ccc(F)c3ccccc13)c(=O)n2CC(=O)OCC. The van der Waals surface area contributed by atoms with E-state index in [0.717, 1.165) is 17.4 Å². The summed E-state index contributed by atoms with van der Waals surface area (Å²) in [5, 5.41) is 0.965. The maximum Gasteiger partial charge on any atom is 0.333 e. The van der Waals surface area contributed by atoms with Gasteiger partial charge >= 0.3 is 11.7 Å². The molecule has 2 aromatic heterocycles. The molecule has 0 aliphatic carbocycles. The average molecular weight is 547 g/mol. The van der Waals surface area contributed by atoms with E-state index >= 15 is 0 Å². The molecule has 1 atom stereocenters. The molecule has 4 aromatic rings. The molecular weight excluding hydrogens is 515 g/mol. The predicted molar refractivity (Wildman–Crippen MR) is 151 cm³/mol. The topological polar surface area (TPSA) is 117 Å². The summed E-state index contributed by atoms with van der Waals surface area (Å²) in [5.41, 5.74) is 5.76. The first-order valence-corrected chi connectivity index (χ1v) is 13.3. The quantitative estimate of drug-likeness (QED) is 0.279. The third-order valence-corrected chi connectivity index (χ3v) is 7.13. The minimum absolute atomic E-state index is 0.0654. The second kappa shape index (κ2) is 11.4. The second-order valence-corrected chi connectivity index (χ2v) is 9.76. The summed E-state index contributed by atoms with van der Waals surface area (Å²) in [6, 6.07) is 9.69. The van der Waals surface area contributed by atoms with Crippen molar-refractivity contribution in [3.8, 4) is 11.8 Å². The zero-order chi connectivity index (χ0) is 28.4. The fraction of sp³-hybridized carbons (Fsp3) is 0.379. The Morgan fingerprint density at radius 2 is 1.93 bits per heavy atom. The number of ether oxygens (including phenoxy) is 1. The number of hydrogen-bond donors (Lipinski definition) is 1. The van der Waals surface area contributed by atoms with E-state index in [9.17, 15) is 18.8 Å². The number of anilines is 1. The lowest BCUT2D eigenvalue weighted by molar-refractivity contribution is -0.143. The summed E-state index contributed by atoms with van der Waals surface area (Å²) in [4.78, 5) is 47.2. The monoisotopic (exact) mass is 546 g/mol. The van der Waals surface area contributed by atoms with E-state index < -0.39 is 29.6 Å². The van der Waals surface area contributed by atoms with E-state index in [0.29, 0.717) is 35.4 Å². The standard InChI is InChI=1S/C29H31FN6O4/c1-3-5-15-34-25-26(32-28(34)33-14-8-9-20(31)17-33)35(18-24(37)40-4-2)29(39)36(27(25)38)16-19-12-13-23(30)22-11-7-6-10-21(19)22/h6-7,10-13,20H,4,8-9,14-18,31H2,1-2H3. The molecule has 10 nitrogen and oxygen atoms in total. The lowest BCUT2D eigenvalue weighted by Gasteiger charge is -2.31. The van der Waals surface area contributed by atoms with Gasteiger partial charge < -0.3 is 15.4 Å². The molecule has 1 aliphatic rings. The van der Waals surface area contributed by atoms with Gasteiger partial charge in [-0.25, -0.2) is 9.18 Å². The molecule has 0 saturated carbocycles. The van der Waals surface area contributed by atoms with Crippen LogP contribution in [0, 0.1) is 17.7 Å². The molecule has 1 saturated heterocycles. The smallest absolute Gasteiger partial charge is 0.333 e. The molecule has 0 bridgehead atoms. The molecule has 208 valence electrons. The molecule has 40 heavy (non-hydrogen) atoms. The van der Waals surface area contributed by atoms with Gasteiger partial charge in [-0.15, -0.1) is 5.92 Å². The second-order valence-electron chi connectivity index (χ2n) is 9.76. The van der Waals surface area contributed by atoms with Crippen LogP contribution in [0.4, 0.5) is 10.3 Å². The maximum atomic E-state index is 14.5. The van der Waals surface area contributed by atoms with Crippen molar-refractivity contribution in [3.05, 3.63) is 68.6 Å². The number of benzene rings is 2. The molecule has 2 aromatic carbocycles. The molecule has 2 N–H and O–H groups in total. The van der Waals surface area contributed by atoms with Gasteiger partial charge in [-0.1, -0.05) is 36.3 Å². The van der Waals surface area contributed by atoms with Crippen molar-refractivity contribution in [2.75, 3.05) is 24.6 Å². The Morgan fingerprint density at radius 3 is 2.65 bits per heavy atom. The van der Waals surface area contributed by atoms with Gasteiger partial charge in [0.1, 0.15) is 12.4 Å². The highest BCUT2D eigenvalue weighted by Gasteiger charge is 2.27. The van der Waals surface area contributed by atoms with Crippen LogP contribution in [0.1, 0.15) is 32.3 Å². The molecule has 1 aliphatic heterocycles. The minimum atomic E-state index is -0.716. The van der Waals surface area contributed by atoms with Gasteiger partial charge in [0.25, 0.3) is 5.56 Å². The molecule has 1 fully saturated rings. The van der Waals surface area contributed by atoms with Crippen LogP contribution in [0.5, 0.6) is 0 Å². The average Bonchev–Trinajstić information content (AvgIpc) is 3.33. The number of carbonyl (C=O) groups is 1. The van der Waals surface area contributed by atoms with Crippen molar-refractivity contribution in [1.29, 1.82) is 0 Å². The van der Waals surface area contributed by atoms with Gasteiger partial charge in [-0.05, 0) is 43.7 Å². The Labute approximate surface area is 229 Å². The first kappa shape index (κ1) is 27.1. The number of nitrogens with two attached hydrogens (primary N) is 1. The highest BCUT2D eigenvalue weighted by Crippen LogP contribution is 2.25. The predicted octanol–water partition coefficient (Wildman–Crippen LogP) is 2.21. The number of halogens is 1. The highest BCUT2D eigenvalue weighted by atomic mass is 19.1. The maximum absolute atomic E-state index is 14.5. The number of imidazole rings is 1. The van der Waals surface area contributed by atoms with Crippen molar-refractivity contribution in [2.45, 2.75) is 52.4 Å². The fourth-order valence-corrected chi connectivity index (χ4v) is 5.27. The number of piperidine rings is 1. The van der Waals surface area contributed by atoms with Gasteiger partial charge in [0, 0.05) is 24.5 Å². The van der Waals surface area contributed by atoms with Gasteiger partial charge in [0.15, 0.2) is 11.2 Å². The number of esters is 1. The summed E-state index contributed by atoms with van der Waals surface area (Å²) in [7, 11) is 0. The zero-order valence-corrected chi connectivity index (χ0v) is 22.5. The Kier molecular flexibility index (Phi) is 7.71. The summed E-state index contributed by atoms with van der Waals surface area (Å²) in [6.07, 6.45) is 1.72. The number of carbonyl (C=O) groups excluding carboxylic acids is 1. The summed E-state index contributed by atoms with van der Waals surface area (Å²) in [6.45, 7) is 4.30. The van der Waals surface area contributed by atoms with E-state index in [2.05, 4.69) is 11.8 Å². The Morgan fingerprint density at radius 1 is 1.15 bits per heavy atom. The third-order valence-electron chi connectivity index (χ3n) is 7.13. The van der Waals surface area contributed by atoms with Crippen molar-refractivity contribution in [1.82, 2.24) is 18.7 Å². The molecule has 3 heterocycles. The Hall–Kier alpha value is -4.43. The van der Waals surface area contributed by atoms with Crippen molar-refractivity contribution < 1.29 is 13.9 Å². The van der Waals surface area contributed by atoms with Crippen LogP contribution < -0.4 is 21.9 Å². The van der Waals surface area contributed by atoms with Gasteiger partial charge in [0.2, 0.25) is 5.95 Å². The van der Waals surface area contributed by atoms with E-state index in [1.165, 1.54) is 10.6 Å². The molecule has 1 unspecified atom stereocenters. The van der Waals surface area contributed by atoms with E-state index in [1.54, 1.807) is 48.7 Å². The molecule has 11 heteroatoms. The lowest BCUT2D eigenvalue weighted by Crippen LogP contribution is -2.44. The van der Waals surface area contributed by atoms with Gasteiger partial charge in [-0.3, -0.25) is 23.3 Å². The number of nitrogens with zero attached hydrogens (tertiary/aromatic N) is 5. The van der Waals surface area contributed by atoms with Crippen LogP contribution in [0.2, 0.25) is 0 Å². The first-order chi connectivity index (χ1) is 19.3. The lowest BCUT2D eigenvalue weighted by atomic mass is 10.0. The van der Waals surface area contributed by atoms with Crippen LogP contribution in [-0.2, 0) is 29.2 Å². The van der Waals surface area contributed by atoms with Crippen molar-refractivity contribution in [3.63, 3.8) is 0 Å².